The molecule has 1 rings (SSSR count). The summed E-state index contributed by atoms with van der Waals surface area (Å²) >= 11 is 0. The number of Topliss-reactive ketones (excluding diaryl/α,β-unsaturated/α-hetero) is 1. The van der Waals surface area contributed by atoms with E-state index in [0.29, 0.717) is 12.0 Å². The highest BCUT2D eigenvalue weighted by molar-refractivity contribution is 5.96. The quantitative estimate of drug-likeness (QED) is 0.276. The van der Waals surface area contributed by atoms with Crippen LogP contribution in [-0.4, -0.2) is 10.9 Å². The van der Waals surface area contributed by atoms with E-state index in [-0.39, 0.29) is 11.5 Å². The molecule has 24 heavy (non-hydrogen) atoms. The summed E-state index contributed by atoms with van der Waals surface area (Å²) in [6, 6.07) is 6.67. The van der Waals surface area contributed by atoms with Crippen molar-refractivity contribution >= 4 is 5.78 Å². The average Bonchev–Trinajstić information content (AvgIpc) is 2.59. The van der Waals surface area contributed by atoms with Gasteiger partial charge in [0.15, 0.2) is 5.78 Å². The van der Waals surface area contributed by atoms with Crippen molar-refractivity contribution in [1.82, 2.24) is 0 Å². The Morgan fingerprint density at radius 1 is 0.792 bits per heavy atom. The molecule has 0 spiro atoms. The summed E-state index contributed by atoms with van der Waals surface area (Å²) in [5, 5.41) is 9.39. The van der Waals surface area contributed by atoms with Crippen LogP contribution in [0.25, 0.3) is 0 Å². The smallest absolute Gasteiger partial charge is 0.163 e. The fraction of sp³-hybridized carbons (Fsp3) is 0.682. The Morgan fingerprint density at radius 3 is 1.79 bits per heavy atom. The van der Waals surface area contributed by atoms with Gasteiger partial charge in [0.1, 0.15) is 5.75 Å². The molecule has 0 aromatic heterocycles. The Morgan fingerprint density at radius 2 is 1.29 bits per heavy atom. The molecule has 0 radical (unpaired) electrons. The number of carbonyl (C=O) groups excluding carboxylic acids is 1. The fourth-order valence-electron chi connectivity index (χ4n) is 3.13. The first-order valence-electron chi connectivity index (χ1n) is 10.1. The Kier molecular flexibility index (Phi) is 12.2. The highest BCUT2D eigenvalue weighted by atomic mass is 16.3. The van der Waals surface area contributed by atoms with Crippen LogP contribution in [0.2, 0.25) is 0 Å². The van der Waals surface area contributed by atoms with Crippen molar-refractivity contribution in [2.75, 3.05) is 0 Å². The van der Waals surface area contributed by atoms with Crippen LogP contribution in [0.4, 0.5) is 0 Å². The topological polar surface area (TPSA) is 37.3 Å². The van der Waals surface area contributed by atoms with Gasteiger partial charge in [0, 0.05) is 12.0 Å². The van der Waals surface area contributed by atoms with Gasteiger partial charge in [-0.2, -0.15) is 0 Å². The van der Waals surface area contributed by atoms with E-state index < -0.39 is 0 Å². The number of phenolic OH excluding ortho intramolecular Hbond substituents is 1. The number of carbonyl (C=O) groups is 1. The van der Waals surface area contributed by atoms with Crippen molar-refractivity contribution < 1.29 is 9.90 Å². The summed E-state index contributed by atoms with van der Waals surface area (Å²) in [7, 11) is 0. The lowest BCUT2D eigenvalue weighted by atomic mass is 10.0. The molecule has 0 fully saturated rings. The van der Waals surface area contributed by atoms with Crippen LogP contribution in [0.5, 0.6) is 5.75 Å². The third-order valence-corrected chi connectivity index (χ3v) is 4.68. The number of rotatable bonds is 15. The van der Waals surface area contributed by atoms with Crippen LogP contribution in [-0.2, 0) is 0 Å². The average molecular weight is 333 g/mol. The first-order valence-corrected chi connectivity index (χ1v) is 10.1. The maximum absolute atomic E-state index is 12.0. The molecular formula is C22H36O2. The molecule has 0 saturated heterocycles. The lowest BCUT2D eigenvalue weighted by molar-refractivity contribution is 0.0978. The molecule has 1 aromatic rings. The van der Waals surface area contributed by atoms with Gasteiger partial charge in [-0.05, 0) is 18.6 Å². The number of unbranched alkanes of at least 4 members (excludes halogenated alkanes) is 12. The lowest BCUT2D eigenvalue weighted by Crippen LogP contribution is -1.98. The molecule has 1 N–H and O–H groups in total. The third kappa shape index (κ3) is 10.5. The summed E-state index contributed by atoms with van der Waals surface area (Å²) in [5.74, 6) is 0.320. The maximum Gasteiger partial charge on any atom is 0.163 e. The maximum atomic E-state index is 12.0. The number of ketones is 1. The Hall–Kier alpha value is -1.31. The summed E-state index contributed by atoms with van der Waals surface area (Å²) in [5.41, 5.74) is 0.633. The monoisotopic (exact) mass is 332 g/mol. The zero-order valence-electron chi connectivity index (χ0n) is 15.6. The minimum atomic E-state index is 0.147. The molecule has 0 saturated carbocycles. The van der Waals surface area contributed by atoms with Crippen molar-refractivity contribution in [3.8, 4) is 5.75 Å². The molecule has 2 nitrogen and oxygen atoms in total. The zero-order valence-corrected chi connectivity index (χ0v) is 15.6. The molecule has 2 heteroatoms. The SMILES string of the molecule is CCCCCCCCCCCCCCCC(=O)c1cccc(O)c1. The molecule has 0 atom stereocenters. The van der Waals surface area contributed by atoms with E-state index >= 15 is 0 Å². The van der Waals surface area contributed by atoms with Crippen molar-refractivity contribution in [2.45, 2.75) is 96.8 Å². The number of benzene rings is 1. The van der Waals surface area contributed by atoms with Crippen molar-refractivity contribution in [2.24, 2.45) is 0 Å². The predicted molar refractivity (Wildman–Crippen MR) is 103 cm³/mol. The highest BCUT2D eigenvalue weighted by Gasteiger charge is 2.05. The Balaban J connectivity index is 1.88. The van der Waals surface area contributed by atoms with Crippen LogP contribution in [0.15, 0.2) is 24.3 Å². The largest absolute Gasteiger partial charge is 0.508 e. The van der Waals surface area contributed by atoms with Crippen molar-refractivity contribution in [3.05, 3.63) is 29.8 Å². The van der Waals surface area contributed by atoms with Crippen LogP contribution in [0.3, 0.4) is 0 Å². The third-order valence-electron chi connectivity index (χ3n) is 4.68. The molecule has 0 heterocycles. The van der Waals surface area contributed by atoms with Gasteiger partial charge in [0.25, 0.3) is 0 Å². The van der Waals surface area contributed by atoms with E-state index in [1.165, 1.54) is 70.6 Å². The van der Waals surface area contributed by atoms with E-state index in [0.717, 1.165) is 12.8 Å². The minimum absolute atomic E-state index is 0.147. The van der Waals surface area contributed by atoms with E-state index in [1.54, 1.807) is 24.3 Å². The first kappa shape index (κ1) is 20.7. The van der Waals surface area contributed by atoms with Gasteiger partial charge in [-0.25, -0.2) is 0 Å². The summed E-state index contributed by atoms with van der Waals surface area (Å²) in [4.78, 5) is 12.0. The van der Waals surface area contributed by atoms with Crippen LogP contribution >= 0.6 is 0 Å². The van der Waals surface area contributed by atoms with Gasteiger partial charge in [0.2, 0.25) is 0 Å². The van der Waals surface area contributed by atoms with Gasteiger partial charge in [0.05, 0.1) is 0 Å². The van der Waals surface area contributed by atoms with Gasteiger partial charge in [-0.15, -0.1) is 0 Å². The number of phenols is 1. The molecule has 1 aromatic carbocycles. The van der Waals surface area contributed by atoms with Gasteiger partial charge in [-0.3, -0.25) is 4.79 Å². The predicted octanol–water partition coefficient (Wildman–Crippen LogP) is 7.06. The number of hydrogen-bond acceptors (Lipinski definition) is 2. The van der Waals surface area contributed by atoms with Gasteiger partial charge in [-0.1, -0.05) is 96.1 Å². The van der Waals surface area contributed by atoms with Crippen LogP contribution in [0.1, 0.15) is 107 Å². The summed E-state index contributed by atoms with van der Waals surface area (Å²) in [6.45, 7) is 2.27. The van der Waals surface area contributed by atoms with Crippen LogP contribution in [0, 0.1) is 0 Å². The second-order valence-corrected chi connectivity index (χ2v) is 6.97. The second kappa shape index (κ2) is 14.1. The van der Waals surface area contributed by atoms with Crippen LogP contribution < -0.4 is 0 Å². The fourth-order valence-corrected chi connectivity index (χ4v) is 3.13. The van der Waals surface area contributed by atoms with E-state index in [4.69, 9.17) is 0 Å². The Bertz CT molecular complexity index is 439. The second-order valence-electron chi connectivity index (χ2n) is 6.97. The van der Waals surface area contributed by atoms with E-state index in [2.05, 4.69) is 6.92 Å². The van der Waals surface area contributed by atoms with Crippen molar-refractivity contribution in [3.63, 3.8) is 0 Å². The minimum Gasteiger partial charge on any atom is -0.508 e. The molecule has 0 amide bonds. The van der Waals surface area contributed by atoms with E-state index in [1.807, 2.05) is 0 Å². The van der Waals surface area contributed by atoms with Gasteiger partial charge < -0.3 is 5.11 Å². The summed E-state index contributed by atoms with van der Waals surface area (Å²) < 4.78 is 0. The summed E-state index contributed by atoms with van der Waals surface area (Å²) in [6.07, 6.45) is 17.7. The molecule has 0 aliphatic heterocycles. The van der Waals surface area contributed by atoms with E-state index in [9.17, 15) is 9.90 Å². The molecule has 136 valence electrons. The molecule has 0 aliphatic rings. The number of hydrogen-bond donors (Lipinski definition) is 1. The Labute approximate surface area is 148 Å². The molecule has 0 aliphatic carbocycles. The number of aromatic hydroxyl groups is 1. The first-order chi connectivity index (χ1) is 11.7. The lowest BCUT2D eigenvalue weighted by Gasteiger charge is -2.04. The van der Waals surface area contributed by atoms with Crippen molar-refractivity contribution in [1.29, 1.82) is 0 Å². The van der Waals surface area contributed by atoms with Gasteiger partial charge >= 0.3 is 0 Å². The highest BCUT2D eigenvalue weighted by Crippen LogP contribution is 2.16. The molecule has 0 bridgehead atoms. The molecule has 0 unspecified atom stereocenters. The normalized spacial score (nSPS) is 10.9. The zero-order chi connectivity index (χ0) is 17.5. The standard InChI is InChI=1S/C22H36O2/c1-2-3-4-5-6-7-8-9-10-11-12-13-14-18-22(24)20-16-15-17-21(23)19-20/h15-17,19,23H,2-14,18H2,1H3. The molecular weight excluding hydrogens is 296 g/mol.